The molecule has 0 saturated heterocycles. The highest BCUT2D eigenvalue weighted by Gasteiger charge is 2.15. The van der Waals surface area contributed by atoms with Gasteiger partial charge >= 0.3 is 0 Å². The maximum absolute atomic E-state index is 11.8. The van der Waals surface area contributed by atoms with Gasteiger partial charge in [-0.2, -0.15) is 0 Å². The number of hydrogen-bond donors (Lipinski definition) is 1. The summed E-state index contributed by atoms with van der Waals surface area (Å²) < 4.78 is 1.98. The molecule has 0 bridgehead atoms. The van der Waals surface area contributed by atoms with Crippen molar-refractivity contribution < 1.29 is 0 Å². The van der Waals surface area contributed by atoms with Gasteiger partial charge in [0, 0.05) is 24.3 Å². The number of rotatable bonds is 5. The third kappa shape index (κ3) is 2.97. The predicted octanol–water partition coefficient (Wildman–Crippen LogP) is 1.85. The summed E-state index contributed by atoms with van der Waals surface area (Å²) in [6, 6.07) is 3.99. The van der Waals surface area contributed by atoms with Crippen LogP contribution in [0.1, 0.15) is 43.9 Å². The van der Waals surface area contributed by atoms with E-state index in [4.69, 9.17) is 5.73 Å². The minimum atomic E-state index is 0.159. The maximum atomic E-state index is 11.8. The van der Waals surface area contributed by atoms with E-state index in [1.165, 1.54) is 17.7 Å². The van der Waals surface area contributed by atoms with Gasteiger partial charge in [0.05, 0.1) is 0 Å². The Bertz CT molecular complexity index is 434. The van der Waals surface area contributed by atoms with E-state index in [1.54, 1.807) is 6.07 Å². The standard InChI is InChI=1S/C14H22N2O/c1-11(15)5-2-3-10-16-13-7-4-6-12(13)8-9-14(16)17/h8-9,11H,2-7,10,15H2,1H3. The van der Waals surface area contributed by atoms with Gasteiger partial charge in [0.1, 0.15) is 0 Å². The summed E-state index contributed by atoms with van der Waals surface area (Å²) in [4.78, 5) is 11.8. The van der Waals surface area contributed by atoms with Crippen LogP contribution in [0.15, 0.2) is 16.9 Å². The van der Waals surface area contributed by atoms with Crippen LogP contribution in [0.5, 0.6) is 0 Å². The highest BCUT2D eigenvalue weighted by molar-refractivity contribution is 5.25. The number of hydrogen-bond acceptors (Lipinski definition) is 2. The highest BCUT2D eigenvalue weighted by Crippen LogP contribution is 2.20. The first-order valence-corrected chi connectivity index (χ1v) is 6.65. The molecule has 0 spiro atoms. The van der Waals surface area contributed by atoms with Gasteiger partial charge in [-0.05, 0) is 44.6 Å². The fourth-order valence-electron chi connectivity index (χ4n) is 2.62. The highest BCUT2D eigenvalue weighted by atomic mass is 16.1. The molecule has 3 nitrogen and oxygen atoms in total. The van der Waals surface area contributed by atoms with Crippen molar-refractivity contribution in [3.63, 3.8) is 0 Å². The van der Waals surface area contributed by atoms with Crippen molar-refractivity contribution in [3.8, 4) is 0 Å². The zero-order chi connectivity index (χ0) is 12.3. The Morgan fingerprint density at radius 2 is 2.18 bits per heavy atom. The fraction of sp³-hybridized carbons (Fsp3) is 0.643. The first-order chi connectivity index (χ1) is 8.18. The number of aryl methyl sites for hydroxylation is 1. The van der Waals surface area contributed by atoms with E-state index in [-0.39, 0.29) is 11.6 Å². The van der Waals surface area contributed by atoms with Gasteiger partial charge in [0.15, 0.2) is 0 Å². The molecule has 0 radical (unpaired) electrons. The molecule has 0 aliphatic heterocycles. The van der Waals surface area contributed by atoms with Gasteiger partial charge in [-0.25, -0.2) is 0 Å². The quantitative estimate of drug-likeness (QED) is 0.790. The largest absolute Gasteiger partial charge is 0.328 e. The first kappa shape index (κ1) is 12.4. The molecule has 1 heterocycles. The molecule has 0 aromatic carbocycles. The summed E-state index contributed by atoms with van der Waals surface area (Å²) in [7, 11) is 0. The third-order valence-electron chi connectivity index (χ3n) is 3.54. The fourth-order valence-corrected chi connectivity index (χ4v) is 2.62. The molecule has 1 unspecified atom stereocenters. The van der Waals surface area contributed by atoms with Crippen molar-refractivity contribution >= 4 is 0 Å². The molecule has 94 valence electrons. The van der Waals surface area contributed by atoms with Crippen LogP contribution in [0.2, 0.25) is 0 Å². The van der Waals surface area contributed by atoms with E-state index in [0.717, 1.165) is 38.6 Å². The molecule has 1 aliphatic rings. The summed E-state index contributed by atoms with van der Waals surface area (Å²) in [5, 5.41) is 0. The molecule has 3 heteroatoms. The number of pyridine rings is 1. The molecule has 17 heavy (non-hydrogen) atoms. The summed E-state index contributed by atoms with van der Waals surface area (Å²) in [6.45, 7) is 2.89. The van der Waals surface area contributed by atoms with Gasteiger partial charge in [-0.1, -0.05) is 12.5 Å². The number of fused-ring (bicyclic) bond motifs is 1. The Morgan fingerprint density at radius 1 is 1.35 bits per heavy atom. The SMILES string of the molecule is CC(N)CCCCn1c2c(ccc1=O)CCC2. The van der Waals surface area contributed by atoms with Gasteiger partial charge in [-0.15, -0.1) is 0 Å². The van der Waals surface area contributed by atoms with E-state index in [9.17, 15) is 4.79 Å². The lowest BCUT2D eigenvalue weighted by Gasteiger charge is -2.12. The molecule has 1 atom stereocenters. The minimum Gasteiger partial charge on any atom is -0.328 e. The molecule has 1 aliphatic carbocycles. The van der Waals surface area contributed by atoms with Crippen molar-refractivity contribution in [2.75, 3.05) is 0 Å². The molecular formula is C14H22N2O. The Labute approximate surface area is 103 Å². The van der Waals surface area contributed by atoms with Crippen molar-refractivity contribution in [1.29, 1.82) is 0 Å². The lowest BCUT2D eigenvalue weighted by atomic mass is 10.1. The summed E-state index contributed by atoms with van der Waals surface area (Å²) >= 11 is 0. The molecule has 0 amide bonds. The zero-order valence-electron chi connectivity index (χ0n) is 10.6. The normalized spacial score (nSPS) is 15.9. The van der Waals surface area contributed by atoms with E-state index in [0.29, 0.717) is 0 Å². The summed E-state index contributed by atoms with van der Waals surface area (Å²) in [5.41, 5.74) is 8.53. The van der Waals surface area contributed by atoms with Gasteiger partial charge in [-0.3, -0.25) is 4.79 Å². The lowest BCUT2D eigenvalue weighted by Crippen LogP contribution is -2.23. The maximum Gasteiger partial charge on any atom is 0.250 e. The third-order valence-corrected chi connectivity index (χ3v) is 3.54. The van der Waals surface area contributed by atoms with Crippen LogP contribution in [0, 0.1) is 0 Å². The Kier molecular flexibility index (Phi) is 4.00. The molecule has 0 saturated carbocycles. The van der Waals surface area contributed by atoms with E-state index in [1.807, 2.05) is 17.6 Å². The zero-order valence-corrected chi connectivity index (χ0v) is 10.6. The molecule has 1 aromatic heterocycles. The summed E-state index contributed by atoms with van der Waals surface area (Å²) in [6.07, 6.45) is 6.60. The van der Waals surface area contributed by atoms with Crippen LogP contribution in [-0.2, 0) is 19.4 Å². The number of nitrogens with zero attached hydrogens (tertiary/aromatic N) is 1. The molecule has 1 aromatic rings. The van der Waals surface area contributed by atoms with Crippen molar-refractivity contribution in [2.24, 2.45) is 5.73 Å². The first-order valence-electron chi connectivity index (χ1n) is 6.65. The van der Waals surface area contributed by atoms with Crippen molar-refractivity contribution in [1.82, 2.24) is 4.57 Å². The molecular weight excluding hydrogens is 212 g/mol. The number of aromatic nitrogens is 1. The second-order valence-electron chi connectivity index (χ2n) is 5.12. The van der Waals surface area contributed by atoms with Crippen LogP contribution >= 0.6 is 0 Å². The van der Waals surface area contributed by atoms with Gasteiger partial charge in [0.2, 0.25) is 0 Å². The Morgan fingerprint density at radius 3 is 2.94 bits per heavy atom. The number of nitrogens with two attached hydrogens (primary N) is 1. The molecule has 0 fully saturated rings. The van der Waals surface area contributed by atoms with Crippen molar-refractivity contribution in [2.45, 2.75) is 58.0 Å². The Balaban J connectivity index is 2.01. The van der Waals surface area contributed by atoms with Crippen LogP contribution in [-0.4, -0.2) is 10.6 Å². The average Bonchev–Trinajstić information content (AvgIpc) is 2.74. The van der Waals surface area contributed by atoms with Crippen LogP contribution < -0.4 is 11.3 Å². The second kappa shape index (κ2) is 5.50. The van der Waals surface area contributed by atoms with Crippen molar-refractivity contribution in [3.05, 3.63) is 33.7 Å². The average molecular weight is 234 g/mol. The second-order valence-corrected chi connectivity index (χ2v) is 5.12. The molecule has 2 rings (SSSR count). The van der Waals surface area contributed by atoms with E-state index >= 15 is 0 Å². The molecule has 2 N–H and O–H groups in total. The van der Waals surface area contributed by atoms with Gasteiger partial charge < -0.3 is 10.3 Å². The predicted molar refractivity (Wildman–Crippen MR) is 70.2 cm³/mol. The monoisotopic (exact) mass is 234 g/mol. The van der Waals surface area contributed by atoms with E-state index < -0.39 is 0 Å². The van der Waals surface area contributed by atoms with Gasteiger partial charge in [0.25, 0.3) is 5.56 Å². The summed E-state index contributed by atoms with van der Waals surface area (Å²) in [5.74, 6) is 0. The van der Waals surface area contributed by atoms with Crippen LogP contribution in [0.25, 0.3) is 0 Å². The van der Waals surface area contributed by atoms with Crippen LogP contribution in [0.4, 0.5) is 0 Å². The lowest BCUT2D eigenvalue weighted by molar-refractivity contribution is 0.531. The van der Waals surface area contributed by atoms with Crippen LogP contribution in [0.3, 0.4) is 0 Å². The Hall–Kier alpha value is -1.09. The van der Waals surface area contributed by atoms with E-state index in [2.05, 4.69) is 0 Å². The topological polar surface area (TPSA) is 48.0 Å². The minimum absolute atomic E-state index is 0.159. The smallest absolute Gasteiger partial charge is 0.250 e. The number of unbranched alkanes of at least 4 members (excludes halogenated alkanes) is 1.